The Morgan fingerprint density at radius 1 is 1.47 bits per heavy atom. The van der Waals surface area contributed by atoms with E-state index in [0.717, 1.165) is 18.7 Å². The molecule has 1 atom stereocenters. The molecule has 1 saturated heterocycles. The van der Waals surface area contributed by atoms with E-state index in [1.807, 2.05) is 13.0 Å². The highest BCUT2D eigenvalue weighted by molar-refractivity contribution is 5.85. The van der Waals surface area contributed by atoms with Crippen LogP contribution < -0.4 is 10.6 Å². The van der Waals surface area contributed by atoms with E-state index >= 15 is 0 Å². The molecule has 1 heterocycles. The normalized spacial score (nSPS) is 18.5. The molecule has 0 saturated carbocycles. The lowest BCUT2D eigenvalue weighted by Crippen LogP contribution is -2.28. The summed E-state index contributed by atoms with van der Waals surface area (Å²) in [5, 5.41) is 6.28. The molecule has 1 aliphatic heterocycles. The number of rotatable bonds is 4. The van der Waals surface area contributed by atoms with Crippen LogP contribution in [-0.2, 0) is 11.2 Å². The quantitative estimate of drug-likeness (QED) is 0.889. The summed E-state index contributed by atoms with van der Waals surface area (Å²) < 4.78 is 0. The van der Waals surface area contributed by atoms with Gasteiger partial charge in [-0.2, -0.15) is 0 Å². The predicted molar refractivity (Wildman–Crippen MR) is 80.9 cm³/mol. The van der Waals surface area contributed by atoms with E-state index in [1.165, 1.54) is 18.4 Å². The van der Waals surface area contributed by atoms with Gasteiger partial charge in [0, 0.05) is 13.1 Å². The van der Waals surface area contributed by atoms with Gasteiger partial charge in [-0.25, -0.2) is 0 Å². The zero-order valence-electron chi connectivity index (χ0n) is 11.4. The van der Waals surface area contributed by atoms with Crippen LogP contribution in [0.5, 0.6) is 0 Å². The molecular weight excluding hydrogens is 260 g/mol. The third kappa shape index (κ3) is 4.84. The van der Waals surface area contributed by atoms with Gasteiger partial charge < -0.3 is 10.6 Å². The molecule has 1 aromatic carbocycles. The highest BCUT2D eigenvalue weighted by Crippen LogP contribution is 2.23. The molecule has 0 radical (unpaired) electrons. The van der Waals surface area contributed by atoms with Crippen molar-refractivity contribution in [2.45, 2.75) is 32.1 Å². The number of hydrogen-bond donors (Lipinski definition) is 2. The number of piperidine rings is 1. The molecule has 0 bridgehead atoms. The molecule has 0 aliphatic carbocycles. The minimum Gasteiger partial charge on any atom is -0.356 e. The van der Waals surface area contributed by atoms with Crippen LogP contribution in [0.25, 0.3) is 0 Å². The van der Waals surface area contributed by atoms with Crippen molar-refractivity contribution >= 4 is 18.3 Å². The average molecular weight is 283 g/mol. The molecule has 3 nitrogen and oxygen atoms in total. The van der Waals surface area contributed by atoms with Gasteiger partial charge in [-0.1, -0.05) is 24.3 Å². The van der Waals surface area contributed by atoms with Crippen molar-refractivity contribution in [3.05, 3.63) is 35.4 Å². The van der Waals surface area contributed by atoms with Crippen LogP contribution in [0.15, 0.2) is 24.3 Å². The average Bonchev–Trinajstić information content (AvgIpc) is 2.40. The Kier molecular flexibility index (Phi) is 6.89. The number of likely N-dealkylation sites (N-methyl/N-ethyl adjacent to an activating group) is 1. The first-order chi connectivity index (χ1) is 8.79. The second-order valence-electron chi connectivity index (χ2n) is 4.92. The van der Waals surface area contributed by atoms with Crippen LogP contribution >= 0.6 is 12.4 Å². The fraction of sp³-hybridized carbons (Fsp3) is 0.533. The monoisotopic (exact) mass is 282 g/mol. The SMILES string of the molecule is CCNC(=O)Cc1cccc(C2CCCNC2)c1.Cl. The molecule has 19 heavy (non-hydrogen) atoms. The fourth-order valence-electron chi connectivity index (χ4n) is 2.54. The molecule has 1 amide bonds. The number of carbonyl (C=O) groups is 1. The summed E-state index contributed by atoms with van der Waals surface area (Å²) in [6, 6.07) is 8.47. The maximum atomic E-state index is 11.6. The molecule has 1 aliphatic rings. The Hall–Kier alpha value is -1.06. The molecule has 1 unspecified atom stereocenters. The van der Waals surface area contributed by atoms with E-state index in [4.69, 9.17) is 0 Å². The molecule has 106 valence electrons. The van der Waals surface area contributed by atoms with Crippen LogP contribution in [0.3, 0.4) is 0 Å². The summed E-state index contributed by atoms with van der Waals surface area (Å²) in [6.07, 6.45) is 2.98. The summed E-state index contributed by atoms with van der Waals surface area (Å²) in [4.78, 5) is 11.6. The Balaban J connectivity index is 0.00000180. The van der Waals surface area contributed by atoms with Gasteiger partial charge in [-0.3, -0.25) is 4.79 Å². The molecule has 1 aromatic rings. The predicted octanol–water partition coefficient (Wildman–Crippen LogP) is 2.25. The van der Waals surface area contributed by atoms with Gasteiger partial charge >= 0.3 is 0 Å². The van der Waals surface area contributed by atoms with Crippen LogP contribution in [0.4, 0.5) is 0 Å². The second kappa shape index (κ2) is 8.18. The van der Waals surface area contributed by atoms with E-state index in [2.05, 4.69) is 28.8 Å². The smallest absolute Gasteiger partial charge is 0.224 e. The van der Waals surface area contributed by atoms with Crippen molar-refractivity contribution in [3.63, 3.8) is 0 Å². The van der Waals surface area contributed by atoms with E-state index < -0.39 is 0 Å². The zero-order valence-corrected chi connectivity index (χ0v) is 12.3. The summed E-state index contributed by atoms with van der Waals surface area (Å²) in [5.74, 6) is 0.712. The van der Waals surface area contributed by atoms with Crippen LogP contribution in [0.1, 0.15) is 36.8 Å². The number of hydrogen-bond acceptors (Lipinski definition) is 2. The Bertz CT molecular complexity index is 403. The van der Waals surface area contributed by atoms with Gasteiger partial charge in [0.05, 0.1) is 6.42 Å². The molecule has 4 heteroatoms. The zero-order chi connectivity index (χ0) is 12.8. The fourth-order valence-corrected chi connectivity index (χ4v) is 2.54. The molecule has 0 aromatic heterocycles. The van der Waals surface area contributed by atoms with Crippen LogP contribution in [0, 0.1) is 0 Å². The number of nitrogens with one attached hydrogen (secondary N) is 2. The number of amides is 1. The first-order valence-electron chi connectivity index (χ1n) is 6.86. The maximum absolute atomic E-state index is 11.6. The van der Waals surface area contributed by atoms with E-state index in [-0.39, 0.29) is 18.3 Å². The lowest BCUT2D eigenvalue weighted by atomic mass is 9.90. The lowest BCUT2D eigenvalue weighted by Gasteiger charge is -2.23. The van der Waals surface area contributed by atoms with Crippen molar-refractivity contribution < 1.29 is 4.79 Å². The first kappa shape index (κ1) is 16.0. The number of halogens is 1. The van der Waals surface area contributed by atoms with Gasteiger partial charge in [0.2, 0.25) is 5.91 Å². The lowest BCUT2D eigenvalue weighted by molar-refractivity contribution is -0.120. The summed E-state index contributed by atoms with van der Waals surface area (Å²) in [6.45, 7) is 4.84. The Morgan fingerprint density at radius 3 is 3.00 bits per heavy atom. The maximum Gasteiger partial charge on any atom is 0.224 e. The number of benzene rings is 1. The topological polar surface area (TPSA) is 41.1 Å². The van der Waals surface area contributed by atoms with E-state index in [0.29, 0.717) is 18.9 Å². The van der Waals surface area contributed by atoms with Crippen molar-refractivity contribution in [1.29, 1.82) is 0 Å². The minimum atomic E-state index is 0. The second-order valence-corrected chi connectivity index (χ2v) is 4.92. The van der Waals surface area contributed by atoms with Gasteiger partial charge in [0.15, 0.2) is 0 Å². The highest BCUT2D eigenvalue weighted by atomic mass is 35.5. The highest BCUT2D eigenvalue weighted by Gasteiger charge is 2.15. The van der Waals surface area contributed by atoms with Crippen LogP contribution in [-0.4, -0.2) is 25.5 Å². The third-order valence-corrected chi connectivity index (χ3v) is 3.46. The molecule has 1 fully saturated rings. The van der Waals surface area contributed by atoms with Crippen LogP contribution in [0.2, 0.25) is 0 Å². The van der Waals surface area contributed by atoms with Gasteiger partial charge in [-0.05, 0) is 43.4 Å². The Morgan fingerprint density at radius 2 is 2.32 bits per heavy atom. The van der Waals surface area contributed by atoms with Crippen molar-refractivity contribution in [1.82, 2.24) is 10.6 Å². The standard InChI is InChI=1S/C15H22N2O.ClH/c1-2-17-15(18)10-12-5-3-6-13(9-12)14-7-4-8-16-11-14;/h3,5-6,9,14,16H,2,4,7-8,10-11H2,1H3,(H,17,18);1H. The Labute approximate surface area is 121 Å². The number of carbonyl (C=O) groups excluding carboxylic acids is 1. The van der Waals surface area contributed by atoms with Crippen molar-refractivity contribution in [3.8, 4) is 0 Å². The van der Waals surface area contributed by atoms with Crippen molar-refractivity contribution in [2.24, 2.45) is 0 Å². The van der Waals surface area contributed by atoms with E-state index in [1.54, 1.807) is 0 Å². The molecular formula is C15H23ClN2O. The summed E-state index contributed by atoms with van der Waals surface area (Å²) >= 11 is 0. The summed E-state index contributed by atoms with van der Waals surface area (Å²) in [7, 11) is 0. The van der Waals surface area contributed by atoms with Gasteiger partial charge in [0.1, 0.15) is 0 Å². The first-order valence-corrected chi connectivity index (χ1v) is 6.86. The minimum absolute atomic E-state index is 0. The molecule has 0 spiro atoms. The van der Waals surface area contributed by atoms with Gasteiger partial charge in [-0.15, -0.1) is 12.4 Å². The molecule has 2 rings (SSSR count). The third-order valence-electron chi connectivity index (χ3n) is 3.46. The van der Waals surface area contributed by atoms with E-state index in [9.17, 15) is 4.79 Å². The molecule has 2 N–H and O–H groups in total. The van der Waals surface area contributed by atoms with Gasteiger partial charge in [0.25, 0.3) is 0 Å². The summed E-state index contributed by atoms with van der Waals surface area (Å²) in [5.41, 5.74) is 2.48. The largest absolute Gasteiger partial charge is 0.356 e. The van der Waals surface area contributed by atoms with Crippen molar-refractivity contribution in [2.75, 3.05) is 19.6 Å².